The number of nitrogens with zero attached hydrogens (tertiary/aromatic N) is 3. The first-order chi connectivity index (χ1) is 17.9. The standard InChI is InChI=1S/C29H39N5O3/c1-19-17-34(14-11-27(19)35)20(2)18-33-12-9-22(10-13-33)31-29(36)26-15-24-23(5-4-6-25(24)32-26)21-7-8-28(37-3)30-16-21/h4-8,15-16,19-20,22,27,32,35H,9-14,17-18H2,1-3H3,(H,31,36)/t19-,20-,27-/m0/s1. The molecular weight excluding hydrogens is 466 g/mol. The van der Waals surface area contributed by atoms with Gasteiger partial charge >= 0.3 is 0 Å². The van der Waals surface area contributed by atoms with Crippen molar-refractivity contribution in [2.75, 3.05) is 39.8 Å². The molecule has 37 heavy (non-hydrogen) atoms. The predicted octanol–water partition coefficient (Wildman–Crippen LogP) is 3.52. The molecule has 1 amide bonds. The second-order valence-corrected chi connectivity index (χ2v) is 10.8. The van der Waals surface area contributed by atoms with E-state index in [1.54, 1.807) is 13.3 Å². The summed E-state index contributed by atoms with van der Waals surface area (Å²) in [5.41, 5.74) is 3.53. The minimum absolute atomic E-state index is 0.0531. The number of carbonyl (C=O) groups excluding carboxylic acids is 1. The van der Waals surface area contributed by atoms with E-state index in [-0.39, 0.29) is 18.1 Å². The van der Waals surface area contributed by atoms with Gasteiger partial charge in [-0.05, 0) is 55.9 Å². The van der Waals surface area contributed by atoms with Gasteiger partial charge in [-0.3, -0.25) is 9.69 Å². The van der Waals surface area contributed by atoms with Crippen LogP contribution in [0.3, 0.4) is 0 Å². The summed E-state index contributed by atoms with van der Waals surface area (Å²) in [6.07, 6.45) is 4.41. The number of nitrogens with one attached hydrogen (secondary N) is 2. The fourth-order valence-electron chi connectivity index (χ4n) is 5.77. The van der Waals surface area contributed by atoms with E-state index >= 15 is 0 Å². The summed E-state index contributed by atoms with van der Waals surface area (Å²) in [5.74, 6) is 0.861. The third-order valence-electron chi connectivity index (χ3n) is 8.13. The lowest BCUT2D eigenvalue weighted by Crippen LogP contribution is -2.52. The summed E-state index contributed by atoms with van der Waals surface area (Å²) in [6, 6.07) is 12.5. The van der Waals surface area contributed by atoms with Gasteiger partial charge in [0.2, 0.25) is 5.88 Å². The normalized spacial score (nSPS) is 22.7. The molecule has 4 heterocycles. The number of ether oxygens (including phenoxy) is 1. The molecule has 8 nitrogen and oxygen atoms in total. The third kappa shape index (κ3) is 5.81. The van der Waals surface area contributed by atoms with Gasteiger partial charge in [0, 0.05) is 73.5 Å². The first kappa shape index (κ1) is 25.7. The van der Waals surface area contributed by atoms with Crippen LogP contribution in [0.25, 0.3) is 22.0 Å². The molecule has 2 aliphatic rings. The Bertz CT molecular complexity index is 1200. The lowest BCUT2D eigenvalue weighted by molar-refractivity contribution is 0.0115. The molecule has 2 saturated heterocycles. The molecule has 2 aromatic heterocycles. The number of hydrogen-bond donors (Lipinski definition) is 3. The van der Waals surface area contributed by atoms with Crippen LogP contribution in [0, 0.1) is 5.92 Å². The molecule has 5 rings (SSSR count). The van der Waals surface area contributed by atoms with Gasteiger partial charge in [-0.15, -0.1) is 0 Å². The van der Waals surface area contributed by atoms with Crippen molar-refractivity contribution < 1.29 is 14.6 Å². The first-order valence-electron chi connectivity index (χ1n) is 13.5. The van der Waals surface area contributed by atoms with E-state index in [4.69, 9.17) is 4.74 Å². The largest absolute Gasteiger partial charge is 0.481 e. The maximum atomic E-state index is 13.1. The number of likely N-dealkylation sites (tertiary alicyclic amines) is 2. The van der Waals surface area contributed by atoms with Crippen molar-refractivity contribution in [3.63, 3.8) is 0 Å². The van der Waals surface area contributed by atoms with Gasteiger partial charge in [-0.2, -0.15) is 0 Å². The van der Waals surface area contributed by atoms with Crippen molar-refractivity contribution in [2.45, 2.75) is 51.3 Å². The van der Waals surface area contributed by atoms with Gasteiger partial charge in [-0.1, -0.05) is 19.1 Å². The van der Waals surface area contributed by atoms with Crippen LogP contribution in [0.15, 0.2) is 42.6 Å². The number of aromatic amines is 1. The minimum Gasteiger partial charge on any atom is -0.481 e. The Morgan fingerprint density at radius 2 is 2.03 bits per heavy atom. The summed E-state index contributed by atoms with van der Waals surface area (Å²) in [5, 5.41) is 14.3. The van der Waals surface area contributed by atoms with Crippen LogP contribution in [0.5, 0.6) is 5.88 Å². The zero-order valence-corrected chi connectivity index (χ0v) is 22.1. The topological polar surface area (TPSA) is 93.7 Å². The van der Waals surface area contributed by atoms with E-state index in [0.717, 1.165) is 74.0 Å². The highest BCUT2D eigenvalue weighted by Crippen LogP contribution is 2.30. The number of hydrogen-bond acceptors (Lipinski definition) is 6. The average molecular weight is 506 g/mol. The Morgan fingerprint density at radius 3 is 2.73 bits per heavy atom. The number of rotatable bonds is 7. The summed E-state index contributed by atoms with van der Waals surface area (Å²) in [4.78, 5) is 25.8. The SMILES string of the molecule is COc1ccc(-c2cccc3[nH]c(C(=O)NC4CCN(C[C@H](C)N5CC[C@H](O)[C@@H](C)C5)CC4)cc23)cn1. The molecule has 0 saturated carbocycles. The Morgan fingerprint density at radius 1 is 1.22 bits per heavy atom. The Kier molecular flexibility index (Phi) is 7.79. The molecule has 8 heteroatoms. The highest BCUT2D eigenvalue weighted by molar-refractivity contribution is 6.02. The van der Waals surface area contributed by atoms with Crippen LogP contribution >= 0.6 is 0 Å². The van der Waals surface area contributed by atoms with E-state index in [0.29, 0.717) is 23.5 Å². The summed E-state index contributed by atoms with van der Waals surface area (Å²) < 4.78 is 5.18. The van der Waals surface area contributed by atoms with Crippen molar-refractivity contribution in [3.05, 3.63) is 48.3 Å². The van der Waals surface area contributed by atoms with Gasteiger partial charge < -0.3 is 25.0 Å². The fraction of sp³-hybridized carbons (Fsp3) is 0.517. The number of aromatic nitrogens is 2. The highest BCUT2D eigenvalue weighted by atomic mass is 16.5. The van der Waals surface area contributed by atoms with Gasteiger partial charge in [0.25, 0.3) is 5.91 Å². The summed E-state index contributed by atoms with van der Waals surface area (Å²) >= 11 is 0. The predicted molar refractivity (Wildman–Crippen MR) is 146 cm³/mol. The zero-order chi connectivity index (χ0) is 25.9. The van der Waals surface area contributed by atoms with Crippen LogP contribution in [0.1, 0.15) is 43.6 Å². The number of amides is 1. The third-order valence-corrected chi connectivity index (χ3v) is 8.13. The molecule has 3 atom stereocenters. The van der Waals surface area contributed by atoms with Gasteiger partial charge in [0.1, 0.15) is 5.69 Å². The minimum atomic E-state index is -0.161. The van der Waals surface area contributed by atoms with Gasteiger partial charge in [0.15, 0.2) is 0 Å². The second-order valence-electron chi connectivity index (χ2n) is 10.8. The number of aliphatic hydroxyl groups excluding tert-OH is 1. The van der Waals surface area contributed by atoms with Crippen molar-refractivity contribution in [3.8, 4) is 17.0 Å². The molecule has 1 aromatic carbocycles. The lowest BCUT2D eigenvalue weighted by atomic mass is 9.95. The van der Waals surface area contributed by atoms with Crippen molar-refractivity contribution in [1.29, 1.82) is 0 Å². The molecule has 2 fully saturated rings. The Hall–Kier alpha value is -2.94. The molecule has 3 aromatic rings. The Labute approximate surface area is 219 Å². The molecule has 0 bridgehead atoms. The lowest BCUT2D eigenvalue weighted by Gasteiger charge is -2.41. The quantitative estimate of drug-likeness (QED) is 0.455. The molecular formula is C29H39N5O3. The monoisotopic (exact) mass is 505 g/mol. The molecule has 0 radical (unpaired) electrons. The second kappa shape index (κ2) is 11.2. The molecule has 0 spiro atoms. The number of methoxy groups -OCH3 is 1. The fourth-order valence-corrected chi connectivity index (χ4v) is 5.77. The van der Waals surface area contributed by atoms with Crippen LogP contribution in [0.2, 0.25) is 0 Å². The maximum Gasteiger partial charge on any atom is 0.267 e. The number of carbonyl (C=O) groups is 1. The van der Waals surface area contributed by atoms with Gasteiger partial charge in [-0.25, -0.2) is 4.98 Å². The smallest absolute Gasteiger partial charge is 0.267 e. The molecule has 0 aliphatic carbocycles. The molecule has 0 unspecified atom stereocenters. The van der Waals surface area contributed by atoms with E-state index in [1.807, 2.05) is 36.4 Å². The summed E-state index contributed by atoms with van der Waals surface area (Å²) in [7, 11) is 1.60. The molecule has 198 valence electrons. The number of benzene rings is 1. The van der Waals surface area contributed by atoms with Crippen molar-refractivity contribution in [1.82, 2.24) is 25.1 Å². The van der Waals surface area contributed by atoms with E-state index in [1.165, 1.54) is 0 Å². The van der Waals surface area contributed by atoms with E-state index in [9.17, 15) is 9.90 Å². The average Bonchev–Trinajstić information content (AvgIpc) is 3.36. The summed E-state index contributed by atoms with van der Waals surface area (Å²) in [6.45, 7) is 9.39. The number of H-pyrrole nitrogens is 1. The number of aliphatic hydroxyl groups is 1. The van der Waals surface area contributed by atoms with Crippen LogP contribution < -0.4 is 10.1 Å². The Balaban J connectivity index is 1.16. The van der Waals surface area contributed by atoms with Gasteiger partial charge in [0.05, 0.1) is 13.2 Å². The maximum absolute atomic E-state index is 13.1. The highest BCUT2D eigenvalue weighted by Gasteiger charge is 2.29. The van der Waals surface area contributed by atoms with Crippen LogP contribution in [-0.2, 0) is 0 Å². The van der Waals surface area contributed by atoms with Crippen molar-refractivity contribution in [2.24, 2.45) is 5.92 Å². The first-order valence-corrected chi connectivity index (χ1v) is 13.5. The molecule has 3 N–H and O–H groups in total. The number of piperidine rings is 2. The zero-order valence-electron chi connectivity index (χ0n) is 22.1. The van der Waals surface area contributed by atoms with E-state index in [2.05, 4.69) is 38.9 Å². The number of pyridine rings is 1. The van der Waals surface area contributed by atoms with Crippen LogP contribution in [0.4, 0.5) is 0 Å². The van der Waals surface area contributed by atoms with E-state index < -0.39 is 0 Å². The van der Waals surface area contributed by atoms with Crippen LogP contribution in [-0.4, -0.2) is 88.8 Å². The number of fused-ring (bicyclic) bond motifs is 1. The van der Waals surface area contributed by atoms with Crippen molar-refractivity contribution >= 4 is 16.8 Å². The molecule has 2 aliphatic heterocycles.